The number of ether oxygens (including phenoxy) is 1. The van der Waals surface area contributed by atoms with Crippen LogP contribution in [0.3, 0.4) is 0 Å². The predicted octanol–water partition coefficient (Wildman–Crippen LogP) is 2.96. The van der Waals surface area contributed by atoms with Crippen LogP contribution in [-0.4, -0.2) is 33.6 Å². The van der Waals surface area contributed by atoms with Gasteiger partial charge in [0.25, 0.3) is 0 Å². The number of carbonyl (C=O) groups is 1. The number of carbonyl (C=O) groups excluding carboxylic acids is 1. The molecule has 0 saturated heterocycles. The van der Waals surface area contributed by atoms with Gasteiger partial charge in [-0.15, -0.1) is 10.2 Å². The standard InChI is InChI=1S/C19H21N5O2S/c1-3-13-6-4-5-7-16(13)21-17(25)12-27-19-23-22-18(24(19)20)14-8-10-15(26-2)11-9-14/h4-11H,3,12,20H2,1-2H3,(H,21,25). The van der Waals surface area contributed by atoms with E-state index in [0.717, 1.165) is 29.0 Å². The number of hydrogen-bond acceptors (Lipinski definition) is 6. The van der Waals surface area contributed by atoms with Crippen LogP contribution in [0.5, 0.6) is 5.75 Å². The first kappa shape index (κ1) is 18.8. The summed E-state index contributed by atoms with van der Waals surface area (Å²) in [6.45, 7) is 2.05. The minimum atomic E-state index is -0.116. The lowest BCUT2D eigenvalue weighted by molar-refractivity contribution is -0.113. The van der Waals surface area contributed by atoms with E-state index in [0.29, 0.717) is 11.0 Å². The summed E-state index contributed by atoms with van der Waals surface area (Å²) < 4.78 is 6.54. The molecule has 0 unspecified atom stereocenters. The smallest absolute Gasteiger partial charge is 0.234 e. The second kappa shape index (κ2) is 8.59. The molecule has 140 valence electrons. The van der Waals surface area contributed by atoms with Gasteiger partial charge in [0.2, 0.25) is 11.1 Å². The fourth-order valence-electron chi connectivity index (χ4n) is 2.58. The zero-order valence-electron chi connectivity index (χ0n) is 15.2. The third-order valence-corrected chi connectivity index (χ3v) is 4.96. The Morgan fingerprint density at radius 2 is 1.93 bits per heavy atom. The van der Waals surface area contributed by atoms with E-state index >= 15 is 0 Å². The summed E-state index contributed by atoms with van der Waals surface area (Å²) in [7, 11) is 1.61. The lowest BCUT2D eigenvalue weighted by Gasteiger charge is -2.09. The number of anilines is 1. The van der Waals surface area contributed by atoms with Crippen LogP contribution in [-0.2, 0) is 11.2 Å². The van der Waals surface area contributed by atoms with Gasteiger partial charge in [-0.05, 0) is 42.3 Å². The lowest BCUT2D eigenvalue weighted by atomic mass is 10.1. The molecular weight excluding hydrogens is 362 g/mol. The summed E-state index contributed by atoms with van der Waals surface area (Å²) >= 11 is 1.24. The van der Waals surface area contributed by atoms with Gasteiger partial charge < -0.3 is 15.9 Å². The van der Waals surface area contributed by atoms with E-state index in [-0.39, 0.29) is 11.7 Å². The van der Waals surface area contributed by atoms with E-state index in [1.165, 1.54) is 16.4 Å². The SMILES string of the molecule is CCc1ccccc1NC(=O)CSc1nnc(-c2ccc(OC)cc2)n1N. The molecule has 0 aliphatic rings. The number of amides is 1. The Balaban J connectivity index is 1.64. The van der Waals surface area contributed by atoms with Crippen molar-refractivity contribution in [2.45, 2.75) is 18.5 Å². The van der Waals surface area contributed by atoms with Crippen molar-refractivity contribution in [3.63, 3.8) is 0 Å². The van der Waals surface area contributed by atoms with Crippen molar-refractivity contribution in [1.82, 2.24) is 14.9 Å². The fourth-order valence-corrected chi connectivity index (χ4v) is 3.24. The molecule has 0 saturated carbocycles. The van der Waals surface area contributed by atoms with E-state index in [1.807, 2.05) is 48.5 Å². The number of para-hydroxylation sites is 1. The van der Waals surface area contributed by atoms with E-state index in [4.69, 9.17) is 10.6 Å². The Labute approximate surface area is 161 Å². The number of thioether (sulfide) groups is 1. The molecule has 0 aliphatic carbocycles. The minimum absolute atomic E-state index is 0.116. The Bertz CT molecular complexity index is 924. The molecule has 0 spiro atoms. The van der Waals surface area contributed by atoms with Gasteiger partial charge in [-0.2, -0.15) is 0 Å². The Morgan fingerprint density at radius 3 is 2.63 bits per heavy atom. The molecule has 1 heterocycles. The fraction of sp³-hybridized carbons (Fsp3) is 0.211. The average molecular weight is 383 g/mol. The molecule has 1 amide bonds. The molecular formula is C19H21N5O2S. The second-order valence-electron chi connectivity index (χ2n) is 5.75. The highest BCUT2D eigenvalue weighted by Crippen LogP contribution is 2.24. The Hall–Kier alpha value is -3.00. The van der Waals surface area contributed by atoms with Crippen LogP contribution in [0.2, 0.25) is 0 Å². The number of benzene rings is 2. The first-order valence-corrected chi connectivity index (χ1v) is 9.46. The van der Waals surface area contributed by atoms with E-state index in [1.54, 1.807) is 7.11 Å². The molecule has 0 fully saturated rings. The molecule has 7 nitrogen and oxygen atoms in total. The topological polar surface area (TPSA) is 95.1 Å². The molecule has 3 rings (SSSR count). The highest BCUT2D eigenvalue weighted by atomic mass is 32.2. The summed E-state index contributed by atoms with van der Waals surface area (Å²) in [4.78, 5) is 12.3. The third kappa shape index (κ3) is 4.40. The van der Waals surface area contributed by atoms with Crippen molar-refractivity contribution in [1.29, 1.82) is 0 Å². The molecule has 0 bridgehead atoms. The molecule has 27 heavy (non-hydrogen) atoms. The van der Waals surface area contributed by atoms with Crippen molar-refractivity contribution in [2.75, 3.05) is 24.0 Å². The Morgan fingerprint density at radius 1 is 1.19 bits per heavy atom. The van der Waals surface area contributed by atoms with Crippen LogP contribution in [0.4, 0.5) is 5.69 Å². The minimum Gasteiger partial charge on any atom is -0.497 e. The summed E-state index contributed by atoms with van der Waals surface area (Å²) in [6.07, 6.45) is 0.853. The lowest BCUT2D eigenvalue weighted by Crippen LogP contribution is -2.17. The highest BCUT2D eigenvalue weighted by Gasteiger charge is 2.14. The highest BCUT2D eigenvalue weighted by molar-refractivity contribution is 7.99. The molecule has 1 aromatic heterocycles. The van der Waals surface area contributed by atoms with Crippen LogP contribution in [0, 0.1) is 0 Å². The normalized spacial score (nSPS) is 10.6. The first-order valence-electron chi connectivity index (χ1n) is 8.47. The maximum Gasteiger partial charge on any atom is 0.234 e. The molecule has 3 aromatic rings. The number of nitrogen functional groups attached to an aromatic ring is 1. The van der Waals surface area contributed by atoms with Crippen LogP contribution >= 0.6 is 11.8 Å². The number of nitrogens with two attached hydrogens (primary N) is 1. The first-order chi connectivity index (χ1) is 13.1. The summed E-state index contributed by atoms with van der Waals surface area (Å²) in [6, 6.07) is 15.1. The Kier molecular flexibility index (Phi) is 5.97. The van der Waals surface area contributed by atoms with Gasteiger partial charge in [0.1, 0.15) is 5.75 Å². The third-order valence-electron chi connectivity index (χ3n) is 4.02. The largest absolute Gasteiger partial charge is 0.497 e. The number of rotatable bonds is 7. The van der Waals surface area contributed by atoms with Gasteiger partial charge in [-0.3, -0.25) is 4.79 Å². The van der Waals surface area contributed by atoms with Gasteiger partial charge in [0, 0.05) is 11.3 Å². The molecule has 0 radical (unpaired) electrons. The van der Waals surface area contributed by atoms with E-state index in [9.17, 15) is 4.79 Å². The van der Waals surface area contributed by atoms with Crippen molar-refractivity contribution >= 4 is 23.4 Å². The van der Waals surface area contributed by atoms with Crippen LogP contribution in [0.15, 0.2) is 53.7 Å². The zero-order chi connectivity index (χ0) is 19.2. The summed E-state index contributed by atoms with van der Waals surface area (Å²) in [5.41, 5.74) is 2.75. The molecule has 0 aliphatic heterocycles. The van der Waals surface area contributed by atoms with Gasteiger partial charge in [-0.1, -0.05) is 36.9 Å². The van der Waals surface area contributed by atoms with Gasteiger partial charge in [0.05, 0.1) is 12.9 Å². The van der Waals surface area contributed by atoms with Crippen molar-refractivity contribution in [3.8, 4) is 17.1 Å². The number of methoxy groups -OCH3 is 1. The van der Waals surface area contributed by atoms with Gasteiger partial charge in [0.15, 0.2) is 5.82 Å². The van der Waals surface area contributed by atoms with Gasteiger partial charge >= 0.3 is 0 Å². The number of nitrogens with zero attached hydrogens (tertiary/aromatic N) is 3. The quantitative estimate of drug-likeness (QED) is 0.481. The average Bonchev–Trinajstić information content (AvgIpc) is 3.07. The van der Waals surface area contributed by atoms with Crippen LogP contribution < -0.4 is 15.9 Å². The summed E-state index contributed by atoms with van der Waals surface area (Å²) in [5.74, 6) is 7.45. The number of aromatic nitrogens is 3. The predicted molar refractivity (Wildman–Crippen MR) is 107 cm³/mol. The molecule has 8 heteroatoms. The van der Waals surface area contributed by atoms with Crippen molar-refractivity contribution in [3.05, 3.63) is 54.1 Å². The molecule has 0 atom stereocenters. The molecule has 2 aromatic carbocycles. The van der Waals surface area contributed by atoms with Crippen molar-refractivity contribution in [2.24, 2.45) is 0 Å². The van der Waals surface area contributed by atoms with Crippen LogP contribution in [0.1, 0.15) is 12.5 Å². The summed E-state index contributed by atoms with van der Waals surface area (Å²) in [5, 5.41) is 11.6. The number of nitrogens with one attached hydrogen (secondary N) is 1. The monoisotopic (exact) mass is 383 g/mol. The van der Waals surface area contributed by atoms with Crippen molar-refractivity contribution < 1.29 is 9.53 Å². The number of aryl methyl sites for hydroxylation is 1. The number of hydrogen-bond donors (Lipinski definition) is 2. The van der Waals surface area contributed by atoms with E-state index in [2.05, 4.69) is 22.4 Å². The second-order valence-corrected chi connectivity index (χ2v) is 6.69. The van der Waals surface area contributed by atoms with Crippen LogP contribution in [0.25, 0.3) is 11.4 Å². The molecule has 3 N–H and O–H groups in total. The maximum absolute atomic E-state index is 12.3. The van der Waals surface area contributed by atoms with Gasteiger partial charge in [-0.25, -0.2) is 4.68 Å². The zero-order valence-corrected chi connectivity index (χ0v) is 16.0. The van der Waals surface area contributed by atoms with E-state index < -0.39 is 0 Å². The maximum atomic E-state index is 12.3.